The van der Waals surface area contributed by atoms with E-state index in [1.807, 2.05) is 60.7 Å². The fraction of sp³-hybridized carbons (Fsp3) is 0.435. The Bertz CT molecular complexity index is 772. The van der Waals surface area contributed by atoms with Crippen LogP contribution in [0.3, 0.4) is 0 Å². The lowest BCUT2D eigenvalue weighted by Crippen LogP contribution is -2.65. The van der Waals surface area contributed by atoms with Gasteiger partial charge in [-0.15, -0.1) is 0 Å². The van der Waals surface area contributed by atoms with Crippen LogP contribution in [-0.4, -0.2) is 55.4 Å². The van der Waals surface area contributed by atoms with Crippen molar-refractivity contribution in [3.8, 4) is 0 Å². The molecule has 7 nitrogen and oxygen atoms in total. The number of ether oxygens (including phenoxy) is 4. The number of carbonyl (C=O) groups is 1. The highest BCUT2D eigenvalue weighted by atomic mass is 16.7. The molecule has 5 atom stereocenters. The van der Waals surface area contributed by atoms with Crippen molar-refractivity contribution in [3.63, 3.8) is 0 Å². The summed E-state index contributed by atoms with van der Waals surface area (Å²) in [5.41, 5.74) is 1.99. The molecule has 0 bridgehead atoms. The van der Waals surface area contributed by atoms with Crippen LogP contribution in [0.1, 0.15) is 18.1 Å². The summed E-state index contributed by atoms with van der Waals surface area (Å²) in [6.45, 7) is 2.25. The Kier molecular flexibility index (Phi) is 8.36. The Labute approximate surface area is 176 Å². The van der Waals surface area contributed by atoms with Gasteiger partial charge in [0.25, 0.3) is 0 Å². The molecule has 2 N–H and O–H groups in total. The molecular formula is C23H29NO6. The van der Waals surface area contributed by atoms with Gasteiger partial charge in [0.05, 0.1) is 19.8 Å². The molecule has 2 aromatic rings. The van der Waals surface area contributed by atoms with Gasteiger partial charge >= 0.3 is 0 Å². The molecule has 162 valence electrons. The maximum Gasteiger partial charge on any atom is 0.217 e. The van der Waals surface area contributed by atoms with Gasteiger partial charge in [-0.2, -0.15) is 0 Å². The van der Waals surface area contributed by atoms with Gasteiger partial charge in [-0.1, -0.05) is 60.7 Å². The highest BCUT2D eigenvalue weighted by Gasteiger charge is 2.46. The Morgan fingerprint density at radius 2 is 1.63 bits per heavy atom. The number of carbonyl (C=O) groups excluding carboxylic acids is 1. The average molecular weight is 415 g/mol. The molecule has 0 aromatic heterocycles. The number of hydrogen-bond donors (Lipinski definition) is 2. The summed E-state index contributed by atoms with van der Waals surface area (Å²) >= 11 is 0. The summed E-state index contributed by atoms with van der Waals surface area (Å²) in [6.07, 6.45) is -3.17. The zero-order valence-corrected chi connectivity index (χ0v) is 17.3. The van der Waals surface area contributed by atoms with E-state index < -0.39 is 30.6 Å². The number of methoxy groups -OCH3 is 1. The number of amides is 1. The molecule has 1 fully saturated rings. The Morgan fingerprint density at radius 3 is 2.20 bits per heavy atom. The average Bonchev–Trinajstić information content (AvgIpc) is 2.76. The first-order valence-electron chi connectivity index (χ1n) is 9.99. The van der Waals surface area contributed by atoms with E-state index in [1.54, 1.807) is 0 Å². The van der Waals surface area contributed by atoms with Gasteiger partial charge in [0.1, 0.15) is 24.4 Å². The first-order chi connectivity index (χ1) is 14.6. The minimum Gasteiger partial charge on any atom is -0.388 e. The van der Waals surface area contributed by atoms with Crippen molar-refractivity contribution in [1.29, 1.82) is 0 Å². The van der Waals surface area contributed by atoms with Crippen LogP contribution >= 0.6 is 0 Å². The molecule has 0 saturated carbocycles. The molecule has 1 aliphatic rings. The monoisotopic (exact) mass is 415 g/mol. The van der Waals surface area contributed by atoms with E-state index in [4.69, 9.17) is 18.9 Å². The number of benzene rings is 2. The minimum atomic E-state index is -1.01. The lowest BCUT2D eigenvalue weighted by molar-refractivity contribution is -0.274. The molecule has 1 aliphatic heterocycles. The van der Waals surface area contributed by atoms with Crippen molar-refractivity contribution < 1.29 is 28.8 Å². The second-order valence-corrected chi connectivity index (χ2v) is 7.26. The molecule has 0 spiro atoms. The van der Waals surface area contributed by atoms with Gasteiger partial charge in [0, 0.05) is 14.0 Å². The highest BCUT2D eigenvalue weighted by molar-refractivity contribution is 5.73. The standard InChI is InChI=1S/C23H29NO6/c1-16(25)24-20-22(29-14-18-11-7-4-8-12-18)21(26)19(30-23(20)27-2)15-28-13-17-9-5-3-6-10-17/h3-12,19-23,26H,13-15H2,1-2H3,(H,24,25)/t19-,20-,21+,22-,23-/m1/s1. The van der Waals surface area contributed by atoms with E-state index in [2.05, 4.69) is 5.32 Å². The first kappa shape index (κ1) is 22.4. The number of rotatable bonds is 9. The molecule has 0 unspecified atom stereocenters. The Balaban J connectivity index is 1.68. The summed E-state index contributed by atoms with van der Waals surface area (Å²) in [7, 11) is 1.49. The molecular weight excluding hydrogens is 386 g/mol. The molecule has 0 aliphatic carbocycles. The summed E-state index contributed by atoms with van der Waals surface area (Å²) in [6, 6.07) is 18.7. The van der Waals surface area contributed by atoms with Crippen LogP contribution in [0.25, 0.3) is 0 Å². The maximum atomic E-state index is 11.7. The summed E-state index contributed by atoms with van der Waals surface area (Å²) < 4.78 is 23.1. The van der Waals surface area contributed by atoms with E-state index in [0.717, 1.165) is 11.1 Å². The van der Waals surface area contributed by atoms with E-state index in [1.165, 1.54) is 14.0 Å². The number of aliphatic hydroxyl groups excluding tert-OH is 1. The fourth-order valence-corrected chi connectivity index (χ4v) is 3.48. The molecule has 1 heterocycles. The molecule has 1 saturated heterocycles. The van der Waals surface area contributed by atoms with Crippen molar-refractivity contribution in [2.45, 2.75) is 50.8 Å². The quantitative estimate of drug-likeness (QED) is 0.652. The summed E-state index contributed by atoms with van der Waals surface area (Å²) in [5, 5.41) is 13.8. The van der Waals surface area contributed by atoms with Gasteiger partial charge in [0.15, 0.2) is 6.29 Å². The predicted octanol–water partition coefficient (Wildman–Crippen LogP) is 2.03. The molecule has 0 radical (unpaired) electrons. The first-order valence-corrected chi connectivity index (χ1v) is 9.99. The zero-order chi connectivity index (χ0) is 21.3. The van der Waals surface area contributed by atoms with Crippen molar-refractivity contribution in [2.24, 2.45) is 0 Å². The minimum absolute atomic E-state index is 0.161. The van der Waals surface area contributed by atoms with Crippen LogP contribution in [-0.2, 0) is 37.0 Å². The van der Waals surface area contributed by atoms with Crippen LogP contribution < -0.4 is 5.32 Å². The number of aliphatic hydroxyl groups is 1. The predicted molar refractivity (Wildman–Crippen MR) is 110 cm³/mol. The molecule has 1 amide bonds. The van der Waals surface area contributed by atoms with Crippen molar-refractivity contribution in [3.05, 3.63) is 71.8 Å². The third-order valence-corrected chi connectivity index (χ3v) is 4.95. The lowest BCUT2D eigenvalue weighted by atomic mass is 9.96. The normalized spacial score (nSPS) is 26.3. The summed E-state index contributed by atoms with van der Waals surface area (Å²) in [4.78, 5) is 11.7. The topological polar surface area (TPSA) is 86.2 Å². The summed E-state index contributed by atoms with van der Waals surface area (Å²) in [5.74, 6) is -0.259. The zero-order valence-electron chi connectivity index (χ0n) is 17.3. The lowest BCUT2D eigenvalue weighted by Gasteiger charge is -2.44. The van der Waals surface area contributed by atoms with Crippen LogP contribution in [0.15, 0.2) is 60.7 Å². The smallest absolute Gasteiger partial charge is 0.217 e. The fourth-order valence-electron chi connectivity index (χ4n) is 3.48. The van der Waals surface area contributed by atoms with E-state index in [9.17, 15) is 9.90 Å². The second-order valence-electron chi connectivity index (χ2n) is 7.26. The van der Waals surface area contributed by atoms with Crippen LogP contribution in [0.4, 0.5) is 0 Å². The maximum absolute atomic E-state index is 11.7. The Morgan fingerprint density at radius 1 is 1.03 bits per heavy atom. The largest absolute Gasteiger partial charge is 0.388 e. The second kappa shape index (κ2) is 11.2. The van der Waals surface area contributed by atoms with E-state index in [0.29, 0.717) is 6.61 Å². The van der Waals surface area contributed by atoms with Crippen molar-refractivity contribution in [1.82, 2.24) is 5.32 Å². The van der Waals surface area contributed by atoms with E-state index in [-0.39, 0.29) is 19.1 Å². The number of nitrogens with one attached hydrogen (secondary N) is 1. The van der Waals surface area contributed by atoms with Gasteiger partial charge in [-0.3, -0.25) is 4.79 Å². The third-order valence-electron chi connectivity index (χ3n) is 4.95. The van der Waals surface area contributed by atoms with Gasteiger partial charge in [-0.05, 0) is 11.1 Å². The van der Waals surface area contributed by atoms with Gasteiger partial charge in [-0.25, -0.2) is 0 Å². The third kappa shape index (κ3) is 6.10. The SMILES string of the molecule is CO[C@@H]1O[C@H](COCc2ccccc2)[C@H](O)[C@H](OCc2ccccc2)[C@H]1NC(C)=O. The molecule has 3 rings (SSSR count). The Hall–Kier alpha value is -2.29. The van der Waals surface area contributed by atoms with Crippen LogP contribution in [0.2, 0.25) is 0 Å². The van der Waals surface area contributed by atoms with Gasteiger partial charge < -0.3 is 29.4 Å². The van der Waals surface area contributed by atoms with E-state index >= 15 is 0 Å². The molecule has 7 heteroatoms. The molecule has 2 aromatic carbocycles. The highest BCUT2D eigenvalue weighted by Crippen LogP contribution is 2.26. The van der Waals surface area contributed by atoms with Gasteiger partial charge in [0.2, 0.25) is 5.91 Å². The van der Waals surface area contributed by atoms with Crippen LogP contribution in [0.5, 0.6) is 0 Å². The van der Waals surface area contributed by atoms with Crippen LogP contribution in [0, 0.1) is 0 Å². The molecule has 30 heavy (non-hydrogen) atoms. The van der Waals surface area contributed by atoms with Crippen molar-refractivity contribution >= 4 is 5.91 Å². The van der Waals surface area contributed by atoms with Crippen molar-refractivity contribution in [2.75, 3.05) is 13.7 Å². The number of hydrogen-bond acceptors (Lipinski definition) is 6.